The molecule has 0 fully saturated rings. The Morgan fingerprint density at radius 3 is 1.34 bits per heavy atom. The van der Waals surface area contributed by atoms with Crippen LogP contribution in [-0.2, 0) is 42.4 Å². The smallest absolute Gasteiger partial charge is 0.282 e. The third-order valence-corrected chi connectivity index (χ3v) is 8.03. The van der Waals surface area contributed by atoms with Crippen LogP contribution in [0.15, 0.2) is 23.1 Å². The zero-order chi connectivity index (χ0) is 24.9. The van der Waals surface area contributed by atoms with Crippen LogP contribution in [0.25, 0.3) is 0 Å². The second kappa shape index (κ2) is 22.9. The number of rotatable bonds is 23. The summed E-state index contributed by atoms with van der Waals surface area (Å²) in [6.07, 6.45) is 27.3. The van der Waals surface area contributed by atoms with Crippen LogP contribution in [0, 0.1) is 0 Å². The van der Waals surface area contributed by atoms with Gasteiger partial charge in [0.1, 0.15) is 0 Å². The molecule has 0 spiro atoms. The Morgan fingerprint density at radius 1 is 0.571 bits per heavy atom. The van der Waals surface area contributed by atoms with Crippen LogP contribution in [0.3, 0.4) is 0 Å². The third kappa shape index (κ3) is 17.8. The van der Waals surface area contributed by atoms with Crippen molar-refractivity contribution < 1.29 is 32.4 Å². The van der Waals surface area contributed by atoms with Crippen molar-refractivity contribution >= 4 is 10.1 Å². The Labute approximate surface area is 231 Å². The van der Waals surface area contributed by atoms with E-state index in [4.69, 9.17) is 0 Å². The number of hydrogen-bond acceptors (Lipinski definition) is 2. The summed E-state index contributed by atoms with van der Waals surface area (Å²) in [6, 6.07) is 5.42. The van der Waals surface area contributed by atoms with Crippen molar-refractivity contribution in [3.05, 3.63) is 29.3 Å². The SMILES string of the molecule is CCCCCCCCCCCCc1cccc(S(=O)(=O)O)c1CCCCCCCCCCCC.[Zn]. The summed E-state index contributed by atoms with van der Waals surface area (Å²) in [5, 5.41) is 0. The van der Waals surface area contributed by atoms with Crippen LogP contribution in [-0.4, -0.2) is 13.0 Å². The van der Waals surface area contributed by atoms with Gasteiger partial charge in [-0.05, 0) is 42.9 Å². The first-order chi connectivity index (χ1) is 16.5. The second-order valence-corrected chi connectivity index (χ2v) is 11.6. The quantitative estimate of drug-likeness (QED) is 0.0824. The van der Waals surface area contributed by atoms with Gasteiger partial charge >= 0.3 is 0 Å². The normalized spacial score (nSPS) is 11.5. The summed E-state index contributed by atoms with van der Waals surface area (Å²) in [5.41, 5.74) is 1.98. The number of benzene rings is 1. The zero-order valence-electron chi connectivity index (χ0n) is 23.2. The van der Waals surface area contributed by atoms with Gasteiger partial charge in [-0.3, -0.25) is 4.55 Å². The molecule has 5 heteroatoms. The first-order valence-electron chi connectivity index (χ1n) is 14.6. The zero-order valence-corrected chi connectivity index (χ0v) is 27.0. The molecule has 200 valence electrons. The van der Waals surface area contributed by atoms with E-state index in [0.29, 0.717) is 0 Å². The van der Waals surface area contributed by atoms with E-state index in [2.05, 4.69) is 19.9 Å². The van der Waals surface area contributed by atoms with Gasteiger partial charge in [0.2, 0.25) is 0 Å². The van der Waals surface area contributed by atoms with E-state index in [0.717, 1.165) is 43.2 Å². The predicted molar refractivity (Wildman–Crippen MR) is 147 cm³/mol. The van der Waals surface area contributed by atoms with Crippen molar-refractivity contribution in [2.45, 2.75) is 160 Å². The molecule has 0 saturated carbocycles. The molecule has 0 aromatic heterocycles. The Kier molecular flexibility index (Phi) is 22.8. The molecular weight excluding hydrogens is 506 g/mol. The topological polar surface area (TPSA) is 54.4 Å². The van der Waals surface area contributed by atoms with Crippen LogP contribution in [0.4, 0.5) is 0 Å². The van der Waals surface area contributed by atoms with Crippen molar-refractivity contribution in [2.75, 3.05) is 0 Å². The molecule has 0 unspecified atom stereocenters. The Hall–Kier alpha value is -0.247. The first-order valence-corrected chi connectivity index (χ1v) is 16.0. The summed E-state index contributed by atoms with van der Waals surface area (Å²) in [6.45, 7) is 4.51. The summed E-state index contributed by atoms with van der Waals surface area (Å²) in [4.78, 5) is 0.132. The minimum Gasteiger partial charge on any atom is -0.282 e. The fraction of sp³-hybridized carbons (Fsp3) is 0.800. The van der Waals surface area contributed by atoms with E-state index in [-0.39, 0.29) is 24.4 Å². The molecule has 0 aliphatic carbocycles. The molecule has 0 radical (unpaired) electrons. The van der Waals surface area contributed by atoms with Crippen molar-refractivity contribution in [1.82, 2.24) is 0 Å². The van der Waals surface area contributed by atoms with Crippen LogP contribution in [0.2, 0.25) is 0 Å². The molecule has 3 nitrogen and oxygen atoms in total. The van der Waals surface area contributed by atoms with Crippen molar-refractivity contribution in [3.8, 4) is 0 Å². The Balaban J connectivity index is 0.0000116. The molecule has 0 heterocycles. The summed E-state index contributed by atoms with van der Waals surface area (Å²) in [5.74, 6) is 0. The predicted octanol–water partition coefficient (Wildman–Crippen LogP) is 9.86. The average molecular weight is 560 g/mol. The fourth-order valence-electron chi connectivity index (χ4n) is 4.96. The molecular formula is C30H54O3SZn. The molecule has 1 aromatic rings. The average Bonchev–Trinajstić information content (AvgIpc) is 2.81. The van der Waals surface area contributed by atoms with E-state index in [1.807, 2.05) is 0 Å². The minimum absolute atomic E-state index is 0. The summed E-state index contributed by atoms with van der Waals surface area (Å²) in [7, 11) is -4.17. The van der Waals surface area contributed by atoms with Gasteiger partial charge in [0.05, 0.1) is 4.90 Å². The van der Waals surface area contributed by atoms with E-state index in [9.17, 15) is 13.0 Å². The molecule has 0 aliphatic heterocycles. The minimum atomic E-state index is -4.17. The maximum absolute atomic E-state index is 12.0. The number of hydrogen-bond donors (Lipinski definition) is 1. The molecule has 0 bridgehead atoms. The van der Waals surface area contributed by atoms with Crippen LogP contribution >= 0.6 is 0 Å². The Morgan fingerprint density at radius 2 is 0.943 bits per heavy atom. The first kappa shape index (κ1) is 34.8. The molecule has 0 atom stereocenters. The molecule has 35 heavy (non-hydrogen) atoms. The maximum atomic E-state index is 12.0. The molecule has 1 aromatic carbocycles. The summed E-state index contributed by atoms with van der Waals surface area (Å²) >= 11 is 0. The van der Waals surface area contributed by atoms with Gasteiger partial charge in [-0.2, -0.15) is 8.42 Å². The van der Waals surface area contributed by atoms with E-state index in [1.54, 1.807) is 12.1 Å². The van der Waals surface area contributed by atoms with Gasteiger partial charge in [0.15, 0.2) is 0 Å². The van der Waals surface area contributed by atoms with Crippen LogP contribution in [0.5, 0.6) is 0 Å². The molecule has 0 saturated heterocycles. The van der Waals surface area contributed by atoms with Gasteiger partial charge in [-0.15, -0.1) is 0 Å². The molecule has 1 rings (SSSR count). The Bertz CT molecular complexity index is 718. The standard InChI is InChI=1S/C30H54O3S.Zn/c1-3-5-7-9-11-13-15-17-19-21-24-28-25-23-27-30(34(31,32)33)29(28)26-22-20-18-16-14-12-10-8-6-4-2;/h23,25,27H,3-22,24,26H2,1-2H3,(H,31,32,33);. The molecule has 0 amide bonds. The van der Waals surface area contributed by atoms with Gasteiger partial charge in [0.25, 0.3) is 10.1 Å². The third-order valence-electron chi connectivity index (χ3n) is 7.09. The summed E-state index contributed by atoms with van der Waals surface area (Å²) < 4.78 is 33.7. The van der Waals surface area contributed by atoms with E-state index in [1.165, 1.54) is 109 Å². The largest absolute Gasteiger partial charge is 0.294 e. The van der Waals surface area contributed by atoms with Crippen LogP contribution in [0.1, 0.15) is 153 Å². The second-order valence-electron chi connectivity index (χ2n) is 10.2. The van der Waals surface area contributed by atoms with E-state index >= 15 is 0 Å². The van der Waals surface area contributed by atoms with Crippen LogP contribution < -0.4 is 0 Å². The molecule has 0 aliphatic rings. The van der Waals surface area contributed by atoms with Crippen molar-refractivity contribution in [1.29, 1.82) is 0 Å². The number of unbranched alkanes of at least 4 members (excludes halogenated alkanes) is 18. The fourth-order valence-corrected chi connectivity index (χ4v) is 5.76. The van der Waals surface area contributed by atoms with Gasteiger partial charge < -0.3 is 0 Å². The van der Waals surface area contributed by atoms with Gasteiger partial charge in [-0.25, -0.2) is 0 Å². The van der Waals surface area contributed by atoms with Gasteiger partial charge in [0, 0.05) is 19.5 Å². The van der Waals surface area contributed by atoms with Crippen molar-refractivity contribution in [3.63, 3.8) is 0 Å². The van der Waals surface area contributed by atoms with Gasteiger partial charge in [-0.1, -0.05) is 142 Å². The van der Waals surface area contributed by atoms with Crippen molar-refractivity contribution in [2.24, 2.45) is 0 Å². The monoisotopic (exact) mass is 558 g/mol. The number of aryl methyl sites for hydroxylation is 1. The molecule has 1 N–H and O–H groups in total. The maximum Gasteiger partial charge on any atom is 0.294 e. The van der Waals surface area contributed by atoms with E-state index < -0.39 is 10.1 Å².